The molecule has 0 radical (unpaired) electrons. The summed E-state index contributed by atoms with van der Waals surface area (Å²) in [5.74, 6) is 2.08. The summed E-state index contributed by atoms with van der Waals surface area (Å²) in [5.41, 5.74) is 9.45. The number of rotatable bonds is 6. The van der Waals surface area contributed by atoms with E-state index in [4.69, 9.17) is 10.2 Å². The van der Waals surface area contributed by atoms with Crippen LogP contribution in [0, 0.1) is 12.8 Å². The molecule has 2 heterocycles. The standard InChI is InChI=1S/C24H27N3O2/c1-17-7-9-19(10-8-17)22-14-26-23(29-22)11-12-24(28)27-15-20(13-25)21(16-27)18-5-3-2-4-6-18/h2-10,14,20-21H,11-13,15-16,25H2,1H3/t20-,21+/m1/s1. The molecule has 4 rings (SSSR count). The summed E-state index contributed by atoms with van der Waals surface area (Å²) in [6.07, 6.45) is 2.63. The molecule has 0 spiro atoms. The van der Waals surface area contributed by atoms with E-state index < -0.39 is 0 Å². The molecular weight excluding hydrogens is 362 g/mol. The maximum absolute atomic E-state index is 12.8. The molecule has 1 aliphatic rings. The number of nitrogens with two attached hydrogens (primary N) is 1. The van der Waals surface area contributed by atoms with Gasteiger partial charge in [-0.15, -0.1) is 0 Å². The topological polar surface area (TPSA) is 72.4 Å². The van der Waals surface area contributed by atoms with Crippen molar-refractivity contribution in [1.82, 2.24) is 9.88 Å². The molecule has 5 nitrogen and oxygen atoms in total. The molecule has 29 heavy (non-hydrogen) atoms. The Morgan fingerprint density at radius 3 is 2.62 bits per heavy atom. The molecule has 3 aromatic rings. The highest BCUT2D eigenvalue weighted by molar-refractivity contribution is 5.77. The molecule has 5 heteroatoms. The Hall–Kier alpha value is -2.92. The van der Waals surface area contributed by atoms with Crippen molar-refractivity contribution >= 4 is 5.91 Å². The first-order valence-electron chi connectivity index (χ1n) is 10.2. The largest absolute Gasteiger partial charge is 0.441 e. The van der Waals surface area contributed by atoms with Crippen molar-refractivity contribution in [3.8, 4) is 11.3 Å². The molecule has 2 N–H and O–H groups in total. The second-order valence-corrected chi connectivity index (χ2v) is 7.80. The second kappa shape index (κ2) is 8.62. The van der Waals surface area contributed by atoms with Gasteiger partial charge < -0.3 is 15.1 Å². The van der Waals surface area contributed by atoms with Crippen LogP contribution in [0.5, 0.6) is 0 Å². The summed E-state index contributed by atoms with van der Waals surface area (Å²) in [6, 6.07) is 18.5. The van der Waals surface area contributed by atoms with E-state index in [1.54, 1.807) is 6.20 Å². The van der Waals surface area contributed by atoms with Gasteiger partial charge in [0.1, 0.15) is 0 Å². The quantitative estimate of drug-likeness (QED) is 0.696. The van der Waals surface area contributed by atoms with Crippen molar-refractivity contribution in [2.75, 3.05) is 19.6 Å². The van der Waals surface area contributed by atoms with Gasteiger partial charge in [0.05, 0.1) is 6.20 Å². The molecule has 0 bridgehead atoms. The number of nitrogens with zero attached hydrogens (tertiary/aromatic N) is 2. The number of aromatic nitrogens is 1. The van der Waals surface area contributed by atoms with Crippen LogP contribution in [0.1, 0.15) is 29.4 Å². The van der Waals surface area contributed by atoms with Crippen LogP contribution in [0.15, 0.2) is 65.2 Å². The predicted octanol–water partition coefficient (Wildman–Crippen LogP) is 3.78. The molecular formula is C24H27N3O2. The molecule has 2 aromatic carbocycles. The maximum Gasteiger partial charge on any atom is 0.223 e. The van der Waals surface area contributed by atoms with Gasteiger partial charge >= 0.3 is 0 Å². The minimum atomic E-state index is 0.136. The fourth-order valence-corrected chi connectivity index (χ4v) is 4.04. The van der Waals surface area contributed by atoms with Crippen LogP contribution in [0.2, 0.25) is 0 Å². The number of likely N-dealkylation sites (tertiary alicyclic amines) is 1. The summed E-state index contributed by atoms with van der Waals surface area (Å²) in [5, 5.41) is 0. The third-order valence-electron chi connectivity index (χ3n) is 5.77. The normalized spacial score (nSPS) is 18.9. The third kappa shape index (κ3) is 4.40. The lowest BCUT2D eigenvalue weighted by Gasteiger charge is -2.16. The summed E-state index contributed by atoms with van der Waals surface area (Å²) in [4.78, 5) is 19.1. The highest BCUT2D eigenvalue weighted by atomic mass is 16.4. The number of hydrogen-bond acceptors (Lipinski definition) is 4. The van der Waals surface area contributed by atoms with E-state index in [1.165, 1.54) is 11.1 Å². The minimum absolute atomic E-state index is 0.136. The molecule has 0 unspecified atom stereocenters. The molecule has 0 saturated carbocycles. The van der Waals surface area contributed by atoms with Crippen molar-refractivity contribution in [3.63, 3.8) is 0 Å². The number of carbonyl (C=O) groups excluding carboxylic acids is 1. The van der Waals surface area contributed by atoms with Crippen LogP contribution < -0.4 is 5.73 Å². The monoisotopic (exact) mass is 389 g/mol. The van der Waals surface area contributed by atoms with Crippen molar-refractivity contribution < 1.29 is 9.21 Å². The summed E-state index contributed by atoms with van der Waals surface area (Å²) in [7, 11) is 0. The lowest BCUT2D eigenvalue weighted by molar-refractivity contribution is -0.130. The van der Waals surface area contributed by atoms with Gasteiger partial charge in [-0.3, -0.25) is 4.79 Å². The lowest BCUT2D eigenvalue weighted by Crippen LogP contribution is -2.30. The molecule has 1 amide bonds. The SMILES string of the molecule is Cc1ccc(-c2cnc(CCC(=O)N3C[C@@H](CN)[C@H](c4ccccc4)C3)o2)cc1. The van der Waals surface area contributed by atoms with Crippen LogP contribution in [-0.4, -0.2) is 35.4 Å². The van der Waals surface area contributed by atoms with Gasteiger partial charge in [-0.25, -0.2) is 4.98 Å². The fraction of sp³-hybridized carbons (Fsp3) is 0.333. The summed E-state index contributed by atoms with van der Waals surface area (Å²) < 4.78 is 5.85. The Balaban J connectivity index is 1.36. The zero-order chi connectivity index (χ0) is 20.2. The molecule has 1 saturated heterocycles. The highest BCUT2D eigenvalue weighted by Crippen LogP contribution is 2.32. The van der Waals surface area contributed by atoms with E-state index in [9.17, 15) is 4.79 Å². The Morgan fingerprint density at radius 2 is 1.90 bits per heavy atom. The van der Waals surface area contributed by atoms with Gasteiger partial charge in [-0.2, -0.15) is 0 Å². The Bertz CT molecular complexity index is 950. The first kappa shape index (κ1) is 19.4. The number of hydrogen-bond donors (Lipinski definition) is 1. The Kier molecular flexibility index (Phi) is 5.76. The first-order chi connectivity index (χ1) is 14.1. The van der Waals surface area contributed by atoms with E-state index in [-0.39, 0.29) is 5.91 Å². The average molecular weight is 389 g/mol. The van der Waals surface area contributed by atoms with E-state index in [2.05, 4.69) is 24.0 Å². The zero-order valence-corrected chi connectivity index (χ0v) is 16.8. The van der Waals surface area contributed by atoms with Crippen molar-refractivity contribution in [2.45, 2.75) is 25.7 Å². The summed E-state index contributed by atoms with van der Waals surface area (Å²) >= 11 is 0. The van der Waals surface area contributed by atoms with E-state index >= 15 is 0 Å². The fourth-order valence-electron chi connectivity index (χ4n) is 4.04. The van der Waals surface area contributed by atoms with Gasteiger partial charge in [0.25, 0.3) is 0 Å². The van der Waals surface area contributed by atoms with Gasteiger partial charge in [-0.05, 0) is 24.9 Å². The average Bonchev–Trinajstić information content (AvgIpc) is 3.40. The number of aryl methyl sites for hydroxylation is 2. The van der Waals surface area contributed by atoms with Gasteiger partial charge in [0.15, 0.2) is 11.7 Å². The number of amides is 1. The molecule has 2 atom stereocenters. The molecule has 1 fully saturated rings. The molecule has 150 valence electrons. The minimum Gasteiger partial charge on any atom is -0.441 e. The van der Waals surface area contributed by atoms with Crippen LogP contribution >= 0.6 is 0 Å². The van der Waals surface area contributed by atoms with Crippen molar-refractivity contribution in [1.29, 1.82) is 0 Å². The van der Waals surface area contributed by atoms with Gasteiger partial charge in [0.2, 0.25) is 5.91 Å². The zero-order valence-electron chi connectivity index (χ0n) is 16.8. The van der Waals surface area contributed by atoms with Crippen molar-refractivity contribution in [3.05, 3.63) is 77.8 Å². The Morgan fingerprint density at radius 1 is 1.14 bits per heavy atom. The highest BCUT2D eigenvalue weighted by Gasteiger charge is 2.35. The number of oxazole rings is 1. The predicted molar refractivity (Wildman–Crippen MR) is 113 cm³/mol. The van der Waals surface area contributed by atoms with E-state index in [1.807, 2.05) is 47.4 Å². The number of carbonyl (C=O) groups is 1. The summed E-state index contributed by atoms with van der Waals surface area (Å²) in [6.45, 7) is 4.08. The molecule has 1 aliphatic heterocycles. The van der Waals surface area contributed by atoms with Crippen LogP contribution in [-0.2, 0) is 11.2 Å². The molecule has 1 aromatic heterocycles. The van der Waals surface area contributed by atoms with Crippen LogP contribution in [0.3, 0.4) is 0 Å². The van der Waals surface area contributed by atoms with Crippen LogP contribution in [0.4, 0.5) is 0 Å². The van der Waals surface area contributed by atoms with Crippen LogP contribution in [0.25, 0.3) is 11.3 Å². The lowest BCUT2D eigenvalue weighted by atomic mass is 9.89. The third-order valence-corrected chi connectivity index (χ3v) is 5.77. The van der Waals surface area contributed by atoms with E-state index in [0.29, 0.717) is 37.1 Å². The van der Waals surface area contributed by atoms with Gasteiger partial charge in [-0.1, -0.05) is 60.2 Å². The van der Waals surface area contributed by atoms with E-state index in [0.717, 1.165) is 24.4 Å². The van der Waals surface area contributed by atoms with Gasteiger partial charge in [0, 0.05) is 37.4 Å². The Labute approximate surface area is 171 Å². The number of benzene rings is 2. The van der Waals surface area contributed by atoms with Crippen molar-refractivity contribution in [2.24, 2.45) is 11.7 Å². The molecule has 0 aliphatic carbocycles. The smallest absolute Gasteiger partial charge is 0.223 e. The first-order valence-corrected chi connectivity index (χ1v) is 10.2. The maximum atomic E-state index is 12.8. The second-order valence-electron chi connectivity index (χ2n) is 7.80.